The predicted molar refractivity (Wildman–Crippen MR) is 71.0 cm³/mol. The summed E-state index contributed by atoms with van der Waals surface area (Å²) in [4.78, 5) is 0. The molecule has 0 bridgehead atoms. The van der Waals surface area contributed by atoms with E-state index in [1.54, 1.807) is 0 Å². The van der Waals surface area contributed by atoms with E-state index in [0.717, 1.165) is 0 Å². The van der Waals surface area contributed by atoms with Crippen molar-refractivity contribution >= 4 is 41.5 Å². The summed E-state index contributed by atoms with van der Waals surface area (Å²) >= 11 is 0. The summed E-state index contributed by atoms with van der Waals surface area (Å²) in [5.41, 5.74) is 0. The normalized spacial score (nSPS) is 10.2. The van der Waals surface area contributed by atoms with Gasteiger partial charge in [-0.15, -0.1) is 25.3 Å². The van der Waals surface area contributed by atoms with Crippen molar-refractivity contribution < 1.29 is 169 Å². The molecule has 0 spiro atoms. The molecule has 0 aliphatic heterocycles. The molecular formula is C7H12Na4O12S4. The fourth-order valence-electron chi connectivity index (χ4n) is 0.960. The standard InChI is InChI=1S/C7H14O6S2.4Na.2O3S/c1-2-3-4-7(15(11,12)13)5-6-14(8,9)10;;;;;2*1-4(2)3/h3,7H,1-2,4-6H2,(H,8,9,10)(H,11,12,13);;;;;;/q-2;4*+1;;/p-2. The minimum Gasteiger partial charge on any atom is -0.748 e. The van der Waals surface area contributed by atoms with Crippen molar-refractivity contribution in [1.29, 1.82) is 0 Å². The second kappa shape index (κ2) is 27.1. The van der Waals surface area contributed by atoms with E-state index in [1.165, 1.54) is 6.42 Å². The van der Waals surface area contributed by atoms with Crippen molar-refractivity contribution in [2.24, 2.45) is 0 Å². The molecule has 0 amide bonds. The molecule has 0 N–H and O–H groups in total. The van der Waals surface area contributed by atoms with Gasteiger partial charge in [0.15, 0.2) is 0 Å². The van der Waals surface area contributed by atoms with Gasteiger partial charge in [0.1, 0.15) is 0 Å². The summed E-state index contributed by atoms with van der Waals surface area (Å²) < 4.78 is 113. The van der Waals surface area contributed by atoms with Crippen molar-refractivity contribution in [3.63, 3.8) is 0 Å². The van der Waals surface area contributed by atoms with E-state index in [-0.39, 0.29) is 125 Å². The maximum atomic E-state index is 10.7. The van der Waals surface area contributed by atoms with E-state index in [0.29, 0.717) is 6.42 Å². The number of unbranched alkanes of at least 4 members (excludes halogenated alkanes) is 1. The van der Waals surface area contributed by atoms with E-state index in [9.17, 15) is 25.9 Å². The minimum absolute atomic E-state index is 0. The van der Waals surface area contributed by atoms with Crippen LogP contribution in [0.3, 0.4) is 0 Å². The van der Waals surface area contributed by atoms with Crippen LogP contribution in [0.4, 0.5) is 0 Å². The summed E-state index contributed by atoms with van der Waals surface area (Å²) in [6.45, 7) is 3.42. The van der Waals surface area contributed by atoms with Gasteiger partial charge < -0.3 is 28.9 Å². The Kier molecular flexibility index (Phi) is 47.9. The fraction of sp³-hybridized carbons (Fsp3) is 0.714. The zero-order chi connectivity index (χ0) is 19.3. The van der Waals surface area contributed by atoms with E-state index in [1.807, 2.05) is 0 Å². The van der Waals surface area contributed by atoms with Crippen LogP contribution in [-0.2, 0) is 41.5 Å². The molecule has 0 aliphatic rings. The maximum absolute atomic E-state index is 10.7. The first-order valence-electron chi connectivity index (χ1n) is 5.16. The molecular weight excluding hydrogens is 496 g/mol. The van der Waals surface area contributed by atoms with Gasteiger partial charge in [-0.3, -0.25) is 0 Å². The topological polar surface area (TPSA) is 217 Å². The third-order valence-corrected chi connectivity index (χ3v) is 3.71. The summed E-state index contributed by atoms with van der Waals surface area (Å²) in [6, 6.07) is 0. The molecule has 0 radical (unpaired) electrons. The Morgan fingerprint density at radius 2 is 1.11 bits per heavy atom. The Morgan fingerprint density at radius 3 is 1.30 bits per heavy atom. The summed E-state index contributed by atoms with van der Waals surface area (Å²) in [6.07, 6.45) is 1.24. The van der Waals surface area contributed by atoms with Crippen LogP contribution in [0.1, 0.15) is 19.3 Å². The predicted octanol–water partition coefficient (Wildman–Crippen LogP) is -14.3. The van der Waals surface area contributed by atoms with Gasteiger partial charge in [-0.1, -0.05) is 0 Å². The Labute approximate surface area is 250 Å². The minimum atomic E-state index is -4.57. The molecule has 0 aromatic carbocycles. The molecule has 0 aliphatic carbocycles. The van der Waals surface area contributed by atoms with Crippen molar-refractivity contribution in [2.45, 2.75) is 24.5 Å². The SMILES string of the molecule is O=S(=O)=O.O=S(=O)=O.[CH2-]C[CH-]CC(CCS(=O)(=O)[O-])S(=O)(=O)[O-].[Na+].[Na+].[Na+].[Na+]. The molecule has 12 nitrogen and oxygen atoms in total. The first-order valence-corrected chi connectivity index (χ1v) is 10.2. The van der Waals surface area contributed by atoms with E-state index in [4.69, 9.17) is 25.3 Å². The van der Waals surface area contributed by atoms with Crippen LogP contribution in [0.15, 0.2) is 0 Å². The van der Waals surface area contributed by atoms with Crippen molar-refractivity contribution in [3.8, 4) is 0 Å². The number of hydrogen-bond acceptors (Lipinski definition) is 12. The van der Waals surface area contributed by atoms with Crippen molar-refractivity contribution in [1.82, 2.24) is 0 Å². The first kappa shape index (κ1) is 47.7. The largest absolute Gasteiger partial charge is 1.00 e. The molecule has 0 aromatic heterocycles. The molecule has 140 valence electrons. The quantitative estimate of drug-likeness (QED) is 0.178. The third kappa shape index (κ3) is 58.6. The maximum Gasteiger partial charge on any atom is 1.00 e. The van der Waals surface area contributed by atoms with Gasteiger partial charge >= 0.3 is 139 Å². The summed E-state index contributed by atoms with van der Waals surface area (Å²) in [5.74, 6) is -0.843. The molecule has 27 heavy (non-hydrogen) atoms. The van der Waals surface area contributed by atoms with Crippen LogP contribution < -0.4 is 118 Å². The molecule has 0 fully saturated rings. The van der Waals surface area contributed by atoms with Gasteiger partial charge in [0.25, 0.3) is 0 Å². The molecule has 0 saturated carbocycles. The monoisotopic (exact) mass is 508 g/mol. The molecule has 0 aromatic rings. The van der Waals surface area contributed by atoms with E-state index < -0.39 is 58.9 Å². The van der Waals surface area contributed by atoms with Crippen molar-refractivity contribution in [2.75, 3.05) is 5.75 Å². The van der Waals surface area contributed by atoms with Crippen molar-refractivity contribution in [3.05, 3.63) is 13.3 Å². The zero-order valence-corrected chi connectivity index (χ0v) is 26.5. The van der Waals surface area contributed by atoms with Crippen LogP contribution in [0.2, 0.25) is 0 Å². The Morgan fingerprint density at radius 1 is 0.815 bits per heavy atom. The number of hydrogen-bond donors (Lipinski definition) is 0. The van der Waals surface area contributed by atoms with Gasteiger partial charge in [0.2, 0.25) is 0 Å². The van der Waals surface area contributed by atoms with Crippen LogP contribution in [-0.4, -0.2) is 62.2 Å². The van der Waals surface area contributed by atoms with Gasteiger partial charge in [0.05, 0.1) is 20.2 Å². The first-order chi connectivity index (χ1) is 10.1. The Bertz CT molecular complexity index is 700. The molecule has 20 heteroatoms. The second-order valence-electron chi connectivity index (χ2n) is 3.39. The van der Waals surface area contributed by atoms with Gasteiger partial charge in [-0.2, -0.15) is 6.42 Å². The molecule has 0 saturated heterocycles. The van der Waals surface area contributed by atoms with E-state index >= 15 is 0 Å². The van der Waals surface area contributed by atoms with Gasteiger partial charge in [-0.05, 0) is 6.42 Å². The molecule has 0 heterocycles. The van der Waals surface area contributed by atoms with Crippen LogP contribution in [0.25, 0.3) is 0 Å². The van der Waals surface area contributed by atoms with Crippen LogP contribution in [0.5, 0.6) is 0 Å². The van der Waals surface area contributed by atoms with Crippen LogP contribution >= 0.6 is 0 Å². The average Bonchev–Trinajstić information content (AvgIpc) is 2.23. The zero-order valence-electron chi connectivity index (χ0n) is 15.2. The number of rotatable bonds is 7. The summed E-state index contributed by atoms with van der Waals surface area (Å²) in [7, 11) is -15.3. The van der Waals surface area contributed by atoms with Gasteiger partial charge in [0, 0.05) is 11.0 Å². The summed E-state index contributed by atoms with van der Waals surface area (Å²) in [5, 5.41) is -1.36. The van der Waals surface area contributed by atoms with Crippen LogP contribution in [0, 0.1) is 13.3 Å². The molecule has 1 unspecified atom stereocenters. The van der Waals surface area contributed by atoms with E-state index in [2.05, 4.69) is 6.92 Å². The Hall–Kier alpha value is 3.06. The molecule has 1 atom stereocenters. The third-order valence-electron chi connectivity index (χ3n) is 1.73. The smallest absolute Gasteiger partial charge is 0.748 e. The Balaban J connectivity index is -0.0000000571. The fourth-order valence-corrected chi connectivity index (χ4v) is 2.46. The average molecular weight is 508 g/mol. The second-order valence-corrected chi connectivity index (χ2v) is 7.38. The molecule has 0 rings (SSSR count). The van der Waals surface area contributed by atoms with Gasteiger partial charge in [-0.25, -0.2) is 16.8 Å².